The molecule has 0 aliphatic rings. The van der Waals surface area contributed by atoms with Crippen LogP contribution in [0.15, 0.2) is 59.2 Å². The monoisotopic (exact) mass is 412 g/mol. The van der Waals surface area contributed by atoms with Crippen LogP contribution in [-0.4, -0.2) is 13.2 Å². The van der Waals surface area contributed by atoms with Gasteiger partial charge in [-0.2, -0.15) is 0 Å². The van der Waals surface area contributed by atoms with E-state index in [0.29, 0.717) is 12.2 Å². The second kappa shape index (κ2) is 7.95. The van der Waals surface area contributed by atoms with Crippen LogP contribution >= 0.6 is 0 Å². The molecule has 0 aliphatic carbocycles. The molecule has 0 radical (unpaired) electrons. The zero-order chi connectivity index (χ0) is 21.2. The molecule has 0 amide bonds. The van der Waals surface area contributed by atoms with Crippen molar-refractivity contribution >= 4 is 21.4 Å². The fraction of sp³-hybridized carbons (Fsp3) is 0.304. The molecule has 0 atom stereocenters. The molecule has 2 aromatic carbocycles. The summed E-state index contributed by atoms with van der Waals surface area (Å²) in [5, 5.41) is 3.47. The lowest BCUT2D eigenvalue weighted by Crippen LogP contribution is -2.33. The molecule has 154 valence electrons. The molecule has 29 heavy (non-hydrogen) atoms. The van der Waals surface area contributed by atoms with E-state index in [1.165, 1.54) is 11.1 Å². The Hall–Kier alpha value is -2.73. The van der Waals surface area contributed by atoms with Crippen LogP contribution in [0.5, 0.6) is 0 Å². The molecule has 6 heteroatoms. The van der Waals surface area contributed by atoms with E-state index >= 15 is 0 Å². The van der Waals surface area contributed by atoms with E-state index in [9.17, 15) is 8.42 Å². The van der Waals surface area contributed by atoms with E-state index in [-0.39, 0.29) is 0 Å². The highest BCUT2D eigenvalue weighted by atomic mass is 32.2. The third-order valence-corrected chi connectivity index (χ3v) is 7.19. The first-order valence-electron chi connectivity index (χ1n) is 9.58. The van der Waals surface area contributed by atoms with Gasteiger partial charge in [0.25, 0.3) is 0 Å². The fourth-order valence-corrected chi connectivity index (χ4v) is 3.66. The molecule has 1 aromatic heterocycles. The highest BCUT2D eigenvalue weighted by Crippen LogP contribution is 2.30. The molecule has 0 fully saturated rings. The molecule has 0 aliphatic heterocycles. The number of rotatable bonds is 6. The number of nitrogens with one attached hydrogen (secondary N) is 2. The van der Waals surface area contributed by atoms with Crippen LogP contribution in [0.1, 0.15) is 37.5 Å². The highest BCUT2D eigenvalue weighted by molar-refractivity contribution is 7.94. The van der Waals surface area contributed by atoms with Crippen molar-refractivity contribution in [3.63, 3.8) is 0 Å². The molecular formula is C23H28N2O3S. The first-order chi connectivity index (χ1) is 13.6. The third-order valence-electron chi connectivity index (χ3n) is 5.07. The van der Waals surface area contributed by atoms with E-state index in [1.807, 2.05) is 24.3 Å². The normalized spacial score (nSPS) is 12.0. The summed E-state index contributed by atoms with van der Waals surface area (Å²) < 4.78 is 31.8. The molecule has 5 nitrogen and oxygen atoms in total. The molecule has 0 saturated carbocycles. The number of furan rings is 1. The summed E-state index contributed by atoms with van der Waals surface area (Å²) in [6.45, 7) is 9.86. The van der Waals surface area contributed by atoms with Gasteiger partial charge in [-0.1, -0.05) is 12.1 Å². The van der Waals surface area contributed by atoms with Crippen molar-refractivity contribution in [2.75, 3.05) is 10.0 Å². The Bertz CT molecular complexity index is 1080. The summed E-state index contributed by atoms with van der Waals surface area (Å²) in [6, 6.07) is 15.4. The summed E-state index contributed by atoms with van der Waals surface area (Å²) in [5.41, 5.74) is 6.14. The lowest BCUT2D eigenvalue weighted by Gasteiger charge is -2.20. The molecule has 0 bridgehead atoms. The minimum absolute atomic E-state index is 0.568. The molecule has 0 spiro atoms. The maximum Gasteiger partial charge on any atom is 0.237 e. The number of hydrogen-bond donors (Lipinski definition) is 2. The van der Waals surface area contributed by atoms with Gasteiger partial charge in [-0.15, -0.1) is 0 Å². The summed E-state index contributed by atoms with van der Waals surface area (Å²) in [5.74, 6) is 0.866. The van der Waals surface area contributed by atoms with Crippen molar-refractivity contribution in [2.45, 2.75) is 45.9 Å². The summed E-state index contributed by atoms with van der Waals surface area (Å²) in [4.78, 5) is 0. The van der Waals surface area contributed by atoms with Gasteiger partial charge in [0, 0.05) is 23.5 Å². The number of benzene rings is 2. The second-order valence-corrected chi connectivity index (χ2v) is 10.6. The Morgan fingerprint density at radius 2 is 1.62 bits per heavy atom. The Morgan fingerprint density at radius 1 is 0.931 bits per heavy atom. The standard InChI is InChI=1S/C23H28N2O3S/c1-16-17(2)21(13-12-20(16)22-7-6-14-28-22)24-15-18-8-10-19(11-9-18)25-29(26,27)23(3,4)5/h6-14,24-25H,15H2,1-5H3. The Morgan fingerprint density at radius 3 is 2.21 bits per heavy atom. The molecular weight excluding hydrogens is 384 g/mol. The molecule has 3 rings (SSSR count). The lowest BCUT2D eigenvalue weighted by molar-refractivity contribution is 0.566. The molecule has 0 unspecified atom stereocenters. The van der Waals surface area contributed by atoms with Crippen LogP contribution in [0.4, 0.5) is 11.4 Å². The van der Waals surface area contributed by atoms with Gasteiger partial charge >= 0.3 is 0 Å². The van der Waals surface area contributed by atoms with Gasteiger partial charge in [-0.25, -0.2) is 8.42 Å². The van der Waals surface area contributed by atoms with Crippen molar-refractivity contribution in [1.82, 2.24) is 0 Å². The van der Waals surface area contributed by atoms with Gasteiger partial charge < -0.3 is 9.73 Å². The zero-order valence-corrected chi connectivity index (χ0v) is 18.4. The quantitative estimate of drug-likeness (QED) is 0.543. The van der Waals surface area contributed by atoms with E-state index in [1.54, 1.807) is 39.2 Å². The SMILES string of the molecule is Cc1c(NCc2ccc(NS(=O)(=O)C(C)(C)C)cc2)ccc(-c2ccco2)c1C. The number of anilines is 2. The predicted octanol–water partition coefficient (Wildman–Crippen LogP) is 5.72. The van der Waals surface area contributed by atoms with Gasteiger partial charge in [0.15, 0.2) is 0 Å². The maximum absolute atomic E-state index is 12.3. The van der Waals surface area contributed by atoms with E-state index < -0.39 is 14.8 Å². The minimum atomic E-state index is -3.43. The minimum Gasteiger partial charge on any atom is -0.464 e. The van der Waals surface area contributed by atoms with E-state index in [0.717, 1.165) is 22.6 Å². The first-order valence-corrected chi connectivity index (χ1v) is 11.1. The van der Waals surface area contributed by atoms with Crippen molar-refractivity contribution in [2.24, 2.45) is 0 Å². The van der Waals surface area contributed by atoms with Crippen LogP contribution in [0.3, 0.4) is 0 Å². The van der Waals surface area contributed by atoms with Crippen LogP contribution in [0.2, 0.25) is 0 Å². The summed E-state index contributed by atoms with van der Waals surface area (Å²) in [7, 11) is -3.43. The smallest absolute Gasteiger partial charge is 0.237 e. The molecule has 3 aromatic rings. The van der Waals surface area contributed by atoms with Crippen LogP contribution in [0.25, 0.3) is 11.3 Å². The third kappa shape index (κ3) is 4.65. The zero-order valence-electron chi connectivity index (χ0n) is 17.5. The van der Waals surface area contributed by atoms with Gasteiger partial charge in [0.2, 0.25) is 10.0 Å². The van der Waals surface area contributed by atoms with Crippen molar-refractivity contribution < 1.29 is 12.8 Å². The van der Waals surface area contributed by atoms with E-state index in [4.69, 9.17) is 4.42 Å². The van der Waals surface area contributed by atoms with Crippen LogP contribution in [0, 0.1) is 13.8 Å². The van der Waals surface area contributed by atoms with Gasteiger partial charge in [-0.05, 0) is 87.7 Å². The average Bonchev–Trinajstić information content (AvgIpc) is 3.17. The van der Waals surface area contributed by atoms with Crippen molar-refractivity contribution in [3.05, 3.63) is 71.5 Å². The van der Waals surface area contributed by atoms with Crippen LogP contribution in [-0.2, 0) is 16.6 Å². The van der Waals surface area contributed by atoms with Crippen molar-refractivity contribution in [1.29, 1.82) is 0 Å². The summed E-state index contributed by atoms with van der Waals surface area (Å²) in [6.07, 6.45) is 1.68. The van der Waals surface area contributed by atoms with E-state index in [2.05, 4.69) is 36.0 Å². The Kier molecular flexibility index (Phi) is 5.75. The fourth-order valence-electron chi connectivity index (χ4n) is 2.91. The Labute approximate surface area is 173 Å². The van der Waals surface area contributed by atoms with Crippen LogP contribution < -0.4 is 10.0 Å². The molecule has 2 N–H and O–H groups in total. The van der Waals surface area contributed by atoms with Crippen molar-refractivity contribution in [3.8, 4) is 11.3 Å². The average molecular weight is 413 g/mol. The highest BCUT2D eigenvalue weighted by Gasteiger charge is 2.28. The largest absolute Gasteiger partial charge is 0.464 e. The Balaban J connectivity index is 1.69. The molecule has 1 heterocycles. The molecule has 0 saturated heterocycles. The van der Waals surface area contributed by atoms with Gasteiger partial charge in [0.1, 0.15) is 5.76 Å². The number of sulfonamides is 1. The second-order valence-electron chi connectivity index (χ2n) is 8.16. The topological polar surface area (TPSA) is 71.3 Å². The van der Waals surface area contributed by atoms with Gasteiger partial charge in [-0.3, -0.25) is 4.72 Å². The number of hydrogen-bond acceptors (Lipinski definition) is 4. The lowest BCUT2D eigenvalue weighted by atomic mass is 9.99. The summed E-state index contributed by atoms with van der Waals surface area (Å²) >= 11 is 0. The predicted molar refractivity (Wildman–Crippen MR) is 120 cm³/mol. The maximum atomic E-state index is 12.3. The van der Waals surface area contributed by atoms with Gasteiger partial charge in [0.05, 0.1) is 11.0 Å². The first kappa shape index (κ1) is 21.0.